The van der Waals surface area contributed by atoms with Crippen molar-refractivity contribution in [3.05, 3.63) is 47.0 Å². The number of aromatic carboxylic acids is 1. The Kier molecular flexibility index (Phi) is 3.12. The van der Waals surface area contributed by atoms with Crippen molar-refractivity contribution in [1.82, 2.24) is 0 Å². The van der Waals surface area contributed by atoms with Gasteiger partial charge in [0.1, 0.15) is 11.3 Å². The summed E-state index contributed by atoms with van der Waals surface area (Å²) in [5.41, 5.74) is -0.00448. The Bertz CT molecular complexity index is 683. The van der Waals surface area contributed by atoms with Gasteiger partial charge >= 0.3 is 5.97 Å². The van der Waals surface area contributed by atoms with Crippen molar-refractivity contribution >= 4 is 17.6 Å². The predicted molar refractivity (Wildman–Crippen MR) is 71.1 cm³/mol. The highest BCUT2D eigenvalue weighted by atomic mass is 35.5. The van der Waals surface area contributed by atoms with Gasteiger partial charge in [-0.05, 0) is 24.3 Å². The lowest BCUT2D eigenvalue weighted by atomic mass is 10.2. The zero-order chi connectivity index (χ0) is 14.1. The summed E-state index contributed by atoms with van der Waals surface area (Å²) >= 11 is 6.00. The Labute approximate surface area is 119 Å². The number of ether oxygens (including phenoxy) is 3. The molecule has 0 amide bonds. The first-order valence-electron chi connectivity index (χ1n) is 5.74. The molecule has 3 rings (SSSR count). The van der Waals surface area contributed by atoms with E-state index in [0.717, 1.165) is 0 Å². The standard InChI is InChI=1S/C14H9ClO5/c15-10-3-1-2-9(14(16)17)13(10)20-8-4-5-11-12(6-8)19-7-18-11/h1-6H,7H2,(H,16,17). The molecule has 5 nitrogen and oxygen atoms in total. The molecule has 6 heteroatoms. The number of hydrogen-bond acceptors (Lipinski definition) is 4. The summed E-state index contributed by atoms with van der Waals surface area (Å²) in [4.78, 5) is 11.2. The number of benzene rings is 2. The van der Waals surface area contributed by atoms with Crippen molar-refractivity contribution < 1.29 is 24.1 Å². The molecule has 2 aromatic carbocycles. The summed E-state index contributed by atoms with van der Waals surface area (Å²) in [7, 11) is 0. The maximum Gasteiger partial charge on any atom is 0.339 e. The Balaban J connectivity index is 1.97. The third-order valence-electron chi connectivity index (χ3n) is 2.76. The number of para-hydroxylation sites is 1. The van der Waals surface area contributed by atoms with Crippen molar-refractivity contribution in [2.75, 3.05) is 6.79 Å². The van der Waals surface area contributed by atoms with Gasteiger partial charge in [-0.25, -0.2) is 4.79 Å². The molecule has 2 aromatic rings. The van der Waals surface area contributed by atoms with Gasteiger partial charge in [0.25, 0.3) is 0 Å². The summed E-state index contributed by atoms with van der Waals surface area (Å²) in [5.74, 6) is 0.579. The molecule has 0 atom stereocenters. The van der Waals surface area contributed by atoms with E-state index in [1.165, 1.54) is 6.07 Å². The van der Waals surface area contributed by atoms with E-state index in [1.54, 1.807) is 30.3 Å². The summed E-state index contributed by atoms with van der Waals surface area (Å²) < 4.78 is 16.0. The van der Waals surface area contributed by atoms with Crippen LogP contribution in [0.5, 0.6) is 23.0 Å². The van der Waals surface area contributed by atoms with Crippen molar-refractivity contribution in [3.63, 3.8) is 0 Å². The van der Waals surface area contributed by atoms with Gasteiger partial charge in [-0.2, -0.15) is 0 Å². The second-order valence-electron chi connectivity index (χ2n) is 4.04. The fraction of sp³-hybridized carbons (Fsp3) is 0.0714. The minimum absolute atomic E-state index is 0.00448. The van der Waals surface area contributed by atoms with E-state index in [0.29, 0.717) is 17.2 Å². The van der Waals surface area contributed by atoms with E-state index in [4.69, 9.17) is 30.9 Å². The van der Waals surface area contributed by atoms with Crippen LogP contribution in [-0.2, 0) is 0 Å². The lowest BCUT2D eigenvalue weighted by Crippen LogP contribution is -2.00. The molecule has 102 valence electrons. The quantitative estimate of drug-likeness (QED) is 0.937. The normalized spacial score (nSPS) is 12.2. The molecule has 0 unspecified atom stereocenters. The Morgan fingerprint density at radius 2 is 2.00 bits per heavy atom. The highest BCUT2D eigenvalue weighted by molar-refractivity contribution is 6.32. The average molecular weight is 293 g/mol. The molecular formula is C14H9ClO5. The van der Waals surface area contributed by atoms with E-state index in [-0.39, 0.29) is 23.1 Å². The molecule has 0 saturated carbocycles. The van der Waals surface area contributed by atoms with Crippen LogP contribution in [0.4, 0.5) is 0 Å². The van der Waals surface area contributed by atoms with Gasteiger partial charge in [0, 0.05) is 6.07 Å². The highest BCUT2D eigenvalue weighted by Crippen LogP contribution is 2.39. The van der Waals surface area contributed by atoms with E-state index >= 15 is 0 Å². The molecule has 1 aliphatic heterocycles. The van der Waals surface area contributed by atoms with Gasteiger partial charge in [-0.15, -0.1) is 0 Å². The van der Waals surface area contributed by atoms with E-state index < -0.39 is 5.97 Å². The van der Waals surface area contributed by atoms with Crippen LogP contribution >= 0.6 is 11.6 Å². The van der Waals surface area contributed by atoms with Gasteiger partial charge in [-0.3, -0.25) is 0 Å². The van der Waals surface area contributed by atoms with Gasteiger partial charge in [0.15, 0.2) is 17.2 Å². The minimum atomic E-state index is -1.11. The summed E-state index contributed by atoms with van der Waals surface area (Å²) in [5, 5.41) is 9.36. The van der Waals surface area contributed by atoms with E-state index in [2.05, 4.69) is 0 Å². The molecule has 1 N–H and O–H groups in total. The van der Waals surface area contributed by atoms with Crippen molar-refractivity contribution in [3.8, 4) is 23.0 Å². The van der Waals surface area contributed by atoms with Gasteiger partial charge < -0.3 is 19.3 Å². The molecule has 0 aromatic heterocycles. The molecular weight excluding hydrogens is 284 g/mol. The lowest BCUT2D eigenvalue weighted by Gasteiger charge is -2.10. The highest BCUT2D eigenvalue weighted by Gasteiger charge is 2.18. The van der Waals surface area contributed by atoms with Gasteiger partial charge in [0.05, 0.1) is 5.02 Å². The van der Waals surface area contributed by atoms with Crippen molar-refractivity contribution in [1.29, 1.82) is 0 Å². The molecule has 20 heavy (non-hydrogen) atoms. The summed E-state index contributed by atoms with van der Waals surface area (Å²) in [6.07, 6.45) is 0. The smallest absolute Gasteiger partial charge is 0.339 e. The summed E-state index contributed by atoms with van der Waals surface area (Å²) in [6, 6.07) is 9.51. The topological polar surface area (TPSA) is 65.0 Å². The fourth-order valence-electron chi connectivity index (χ4n) is 1.84. The number of halogens is 1. The maximum atomic E-state index is 11.2. The first-order chi connectivity index (χ1) is 9.65. The zero-order valence-electron chi connectivity index (χ0n) is 10.1. The first-order valence-corrected chi connectivity index (χ1v) is 6.12. The molecule has 0 aliphatic carbocycles. The maximum absolute atomic E-state index is 11.2. The van der Waals surface area contributed by atoms with Crippen LogP contribution < -0.4 is 14.2 Å². The number of carboxylic acid groups (broad SMARTS) is 1. The third-order valence-corrected chi connectivity index (χ3v) is 3.06. The summed E-state index contributed by atoms with van der Waals surface area (Å²) in [6.45, 7) is 0.158. The van der Waals surface area contributed by atoms with Crippen LogP contribution in [0.3, 0.4) is 0 Å². The molecule has 0 fully saturated rings. The Morgan fingerprint density at radius 1 is 1.20 bits per heavy atom. The van der Waals surface area contributed by atoms with E-state index in [9.17, 15) is 4.79 Å². The van der Waals surface area contributed by atoms with E-state index in [1.807, 2.05) is 0 Å². The lowest BCUT2D eigenvalue weighted by molar-refractivity contribution is 0.0694. The molecule has 0 bridgehead atoms. The number of carbonyl (C=O) groups is 1. The van der Waals surface area contributed by atoms with Crippen LogP contribution in [0.1, 0.15) is 10.4 Å². The monoisotopic (exact) mass is 292 g/mol. The number of fused-ring (bicyclic) bond motifs is 1. The zero-order valence-corrected chi connectivity index (χ0v) is 10.9. The van der Waals surface area contributed by atoms with Gasteiger partial charge in [-0.1, -0.05) is 17.7 Å². The second kappa shape index (κ2) is 4.94. The Morgan fingerprint density at radius 3 is 2.80 bits per heavy atom. The molecule has 0 spiro atoms. The predicted octanol–water partition coefficient (Wildman–Crippen LogP) is 3.56. The van der Waals surface area contributed by atoms with Crippen LogP contribution in [0.15, 0.2) is 36.4 Å². The minimum Gasteiger partial charge on any atom is -0.478 e. The fourth-order valence-corrected chi connectivity index (χ4v) is 2.05. The first kappa shape index (κ1) is 12.6. The van der Waals surface area contributed by atoms with Gasteiger partial charge in [0.2, 0.25) is 6.79 Å². The Hall–Kier alpha value is -2.40. The van der Waals surface area contributed by atoms with Crippen LogP contribution in [-0.4, -0.2) is 17.9 Å². The molecule has 0 saturated heterocycles. The molecule has 0 radical (unpaired) electrons. The number of rotatable bonds is 3. The number of hydrogen-bond donors (Lipinski definition) is 1. The SMILES string of the molecule is O=C(O)c1cccc(Cl)c1Oc1ccc2c(c1)OCO2. The van der Waals surface area contributed by atoms with Crippen LogP contribution in [0.2, 0.25) is 5.02 Å². The third kappa shape index (κ3) is 2.23. The molecule has 1 heterocycles. The van der Waals surface area contributed by atoms with Crippen molar-refractivity contribution in [2.45, 2.75) is 0 Å². The van der Waals surface area contributed by atoms with Crippen LogP contribution in [0, 0.1) is 0 Å². The van der Waals surface area contributed by atoms with Crippen LogP contribution in [0.25, 0.3) is 0 Å². The largest absolute Gasteiger partial charge is 0.478 e. The van der Waals surface area contributed by atoms with Crippen molar-refractivity contribution in [2.24, 2.45) is 0 Å². The second-order valence-corrected chi connectivity index (χ2v) is 4.45. The molecule has 1 aliphatic rings. The average Bonchev–Trinajstić information content (AvgIpc) is 2.88. The number of carboxylic acids is 1.